The van der Waals surface area contributed by atoms with E-state index in [0.29, 0.717) is 18.0 Å². The maximum absolute atomic E-state index is 12.5. The molecule has 3 rings (SSSR count). The monoisotopic (exact) mass is 343 g/mol. The summed E-state index contributed by atoms with van der Waals surface area (Å²) in [6.07, 6.45) is 3.56. The van der Waals surface area contributed by atoms with Gasteiger partial charge in [0, 0.05) is 18.1 Å². The Morgan fingerprint density at radius 2 is 1.92 bits per heavy atom. The number of ether oxygens (including phenoxy) is 1. The van der Waals surface area contributed by atoms with Crippen molar-refractivity contribution in [3.8, 4) is 5.75 Å². The molecule has 0 aliphatic rings. The van der Waals surface area contributed by atoms with Gasteiger partial charge in [-0.1, -0.05) is 12.1 Å². The molecule has 0 fully saturated rings. The van der Waals surface area contributed by atoms with Crippen molar-refractivity contribution < 1.29 is 13.2 Å². The average Bonchev–Trinajstić information content (AvgIpc) is 3.08. The van der Waals surface area contributed by atoms with Crippen LogP contribution in [-0.2, 0) is 16.6 Å². The van der Waals surface area contributed by atoms with Crippen LogP contribution >= 0.6 is 0 Å². The first kappa shape index (κ1) is 16.1. The zero-order valence-electron chi connectivity index (χ0n) is 13.1. The Balaban J connectivity index is 1.79. The van der Waals surface area contributed by atoms with Gasteiger partial charge in [-0.3, -0.25) is 9.40 Å². The zero-order valence-corrected chi connectivity index (χ0v) is 13.9. The van der Waals surface area contributed by atoms with E-state index in [1.807, 2.05) is 24.4 Å². The molecule has 124 valence electrons. The molecule has 3 aromatic rings. The highest BCUT2D eigenvalue weighted by Crippen LogP contribution is 2.20. The molecular formula is C17H17N3O3S. The molecule has 1 N–H and O–H groups in total. The second kappa shape index (κ2) is 6.76. The molecule has 24 heavy (non-hydrogen) atoms. The molecule has 2 aromatic carbocycles. The van der Waals surface area contributed by atoms with Gasteiger partial charge >= 0.3 is 0 Å². The normalized spacial score (nSPS) is 11.2. The number of hydrogen-bond acceptors (Lipinski definition) is 4. The van der Waals surface area contributed by atoms with Crippen molar-refractivity contribution in [1.82, 2.24) is 9.78 Å². The van der Waals surface area contributed by atoms with Crippen LogP contribution in [0.15, 0.2) is 71.9 Å². The van der Waals surface area contributed by atoms with E-state index in [9.17, 15) is 8.42 Å². The number of nitrogens with zero attached hydrogens (tertiary/aromatic N) is 2. The van der Waals surface area contributed by atoms with Crippen LogP contribution in [0.5, 0.6) is 5.75 Å². The van der Waals surface area contributed by atoms with Crippen molar-refractivity contribution in [2.75, 3.05) is 11.8 Å². The van der Waals surface area contributed by atoms with Crippen molar-refractivity contribution in [2.45, 2.75) is 11.4 Å². The number of benzene rings is 2. The summed E-state index contributed by atoms with van der Waals surface area (Å²) < 4.78 is 34.3. The summed E-state index contributed by atoms with van der Waals surface area (Å²) in [5.41, 5.74) is 1.46. The average molecular weight is 343 g/mol. The highest BCUT2D eigenvalue weighted by molar-refractivity contribution is 7.92. The largest absolute Gasteiger partial charge is 0.497 e. The topological polar surface area (TPSA) is 73.2 Å². The zero-order chi connectivity index (χ0) is 17.0. The van der Waals surface area contributed by atoms with Crippen molar-refractivity contribution in [1.29, 1.82) is 0 Å². The first-order valence-corrected chi connectivity index (χ1v) is 8.78. The minimum absolute atomic E-state index is 0.181. The fraction of sp³-hybridized carbons (Fsp3) is 0.118. The van der Waals surface area contributed by atoms with Crippen LogP contribution in [0.2, 0.25) is 0 Å². The lowest BCUT2D eigenvalue weighted by atomic mass is 10.2. The van der Waals surface area contributed by atoms with Gasteiger partial charge in [0.05, 0.1) is 18.6 Å². The molecule has 0 amide bonds. The molecule has 0 radical (unpaired) electrons. The Bertz CT molecular complexity index is 905. The van der Waals surface area contributed by atoms with Gasteiger partial charge in [-0.25, -0.2) is 8.42 Å². The minimum Gasteiger partial charge on any atom is -0.497 e. The molecular weight excluding hydrogens is 326 g/mol. The molecule has 0 aliphatic heterocycles. The van der Waals surface area contributed by atoms with Crippen LogP contribution in [0.4, 0.5) is 5.69 Å². The van der Waals surface area contributed by atoms with Crippen molar-refractivity contribution >= 4 is 15.7 Å². The fourth-order valence-corrected chi connectivity index (χ4v) is 3.33. The molecule has 0 spiro atoms. The van der Waals surface area contributed by atoms with Gasteiger partial charge in [0.15, 0.2) is 0 Å². The van der Waals surface area contributed by atoms with E-state index in [4.69, 9.17) is 4.74 Å². The van der Waals surface area contributed by atoms with Gasteiger partial charge in [-0.15, -0.1) is 0 Å². The number of methoxy groups -OCH3 is 1. The molecule has 0 aliphatic carbocycles. The maximum Gasteiger partial charge on any atom is 0.261 e. The van der Waals surface area contributed by atoms with Crippen molar-refractivity contribution in [3.05, 3.63) is 72.6 Å². The van der Waals surface area contributed by atoms with Gasteiger partial charge in [0.2, 0.25) is 0 Å². The Kier molecular flexibility index (Phi) is 4.52. The van der Waals surface area contributed by atoms with E-state index in [2.05, 4.69) is 9.82 Å². The van der Waals surface area contributed by atoms with E-state index in [0.717, 1.165) is 5.56 Å². The number of rotatable bonds is 6. The molecule has 0 bridgehead atoms. The summed E-state index contributed by atoms with van der Waals surface area (Å²) >= 11 is 0. The Morgan fingerprint density at radius 1 is 1.12 bits per heavy atom. The van der Waals surface area contributed by atoms with Crippen LogP contribution in [0.1, 0.15) is 5.56 Å². The van der Waals surface area contributed by atoms with Crippen LogP contribution in [-0.4, -0.2) is 25.3 Å². The van der Waals surface area contributed by atoms with Crippen LogP contribution < -0.4 is 9.46 Å². The molecule has 1 aromatic heterocycles. The van der Waals surface area contributed by atoms with Gasteiger partial charge < -0.3 is 4.74 Å². The molecule has 0 atom stereocenters. The highest BCUT2D eigenvalue weighted by Gasteiger charge is 2.14. The second-order valence-electron chi connectivity index (χ2n) is 5.19. The predicted octanol–water partition coefficient (Wildman–Crippen LogP) is 2.74. The van der Waals surface area contributed by atoms with Gasteiger partial charge in [0.1, 0.15) is 5.75 Å². The van der Waals surface area contributed by atoms with Crippen LogP contribution in [0, 0.1) is 0 Å². The Labute approximate surface area is 140 Å². The fourth-order valence-electron chi connectivity index (χ4n) is 2.28. The van der Waals surface area contributed by atoms with Crippen molar-refractivity contribution in [3.63, 3.8) is 0 Å². The van der Waals surface area contributed by atoms with E-state index in [1.165, 1.54) is 19.2 Å². The molecule has 0 saturated heterocycles. The Hall–Kier alpha value is -2.80. The van der Waals surface area contributed by atoms with Gasteiger partial charge in [0.25, 0.3) is 10.0 Å². The smallest absolute Gasteiger partial charge is 0.261 e. The maximum atomic E-state index is 12.5. The van der Waals surface area contributed by atoms with E-state index in [-0.39, 0.29) is 4.90 Å². The first-order valence-electron chi connectivity index (χ1n) is 7.30. The summed E-state index contributed by atoms with van der Waals surface area (Å²) in [4.78, 5) is 0.181. The number of anilines is 1. The number of nitrogens with one attached hydrogen (secondary N) is 1. The molecule has 1 heterocycles. The minimum atomic E-state index is -3.65. The number of sulfonamides is 1. The quantitative estimate of drug-likeness (QED) is 0.747. The molecule has 0 saturated carbocycles. The third-order valence-corrected chi connectivity index (χ3v) is 4.85. The summed E-state index contributed by atoms with van der Waals surface area (Å²) in [5.74, 6) is 0.607. The van der Waals surface area contributed by atoms with E-state index < -0.39 is 10.0 Å². The predicted molar refractivity (Wildman–Crippen MR) is 91.6 cm³/mol. The molecule has 7 heteroatoms. The third kappa shape index (κ3) is 3.75. The van der Waals surface area contributed by atoms with Crippen molar-refractivity contribution in [2.24, 2.45) is 0 Å². The lowest BCUT2D eigenvalue weighted by molar-refractivity contribution is 0.414. The first-order chi connectivity index (χ1) is 11.6. The number of aromatic nitrogens is 2. The van der Waals surface area contributed by atoms with Crippen LogP contribution in [0.3, 0.4) is 0 Å². The summed E-state index contributed by atoms with van der Waals surface area (Å²) in [6.45, 7) is 0.575. The summed E-state index contributed by atoms with van der Waals surface area (Å²) in [5, 5.41) is 4.15. The SMILES string of the molecule is COc1ccc(S(=O)(=O)Nc2cccc(Cn3cccn3)c2)cc1. The third-order valence-electron chi connectivity index (χ3n) is 3.45. The van der Waals surface area contributed by atoms with E-state index in [1.54, 1.807) is 35.1 Å². The van der Waals surface area contributed by atoms with Crippen LogP contribution in [0.25, 0.3) is 0 Å². The Morgan fingerprint density at radius 3 is 2.58 bits per heavy atom. The summed E-state index contributed by atoms with van der Waals surface area (Å²) in [6, 6.07) is 15.3. The second-order valence-corrected chi connectivity index (χ2v) is 6.87. The molecule has 6 nitrogen and oxygen atoms in total. The standard InChI is InChI=1S/C17H17N3O3S/c1-23-16-6-8-17(9-7-16)24(21,22)19-15-5-2-4-14(12-15)13-20-11-3-10-18-20/h2-12,19H,13H2,1H3. The van der Waals surface area contributed by atoms with Gasteiger partial charge in [-0.05, 0) is 48.0 Å². The van der Waals surface area contributed by atoms with E-state index >= 15 is 0 Å². The molecule has 0 unspecified atom stereocenters. The van der Waals surface area contributed by atoms with Gasteiger partial charge in [-0.2, -0.15) is 5.10 Å². The lowest BCUT2D eigenvalue weighted by Gasteiger charge is -2.10. The highest BCUT2D eigenvalue weighted by atomic mass is 32.2. The number of hydrogen-bond donors (Lipinski definition) is 1. The lowest BCUT2D eigenvalue weighted by Crippen LogP contribution is -2.13. The summed E-state index contributed by atoms with van der Waals surface area (Å²) in [7, 11) is -2.11.